The van der Waals surface area contributed by atoms with E-state index in [9.17, 15) is 19.2 Å². The molecule has 1 aliphatic heterocycles. The molecule has 0 saturated carbocycles. The number of imide groups is 1. The monoisotopic (exact) mass is 495 g/mol. The molecule has 34 heavy (non-hydrogen) atoms. The smallest absolute Gasteiger partial charge is 0.338 e. The molecule has 0 unspecified atom stereocenters. The van der Waals surface area contributed by atoms with Gasteiger partial charge in [0.15, 0.2) is 12.4 Å². The number of nitrogens with zero attached hydrogens (tertiary/aromatic N) is 1. The zero-order valence-corrected chi connectivity index (χ0v) is 19.9. The first-order valence-corrected chi connectivity index (χ1v) is 11.2. The van der Waals surface area contributed by atoms with Crippen molar-refractivity contribution >= 4 is 52.5 Å². The van der Waals surface area contributed by atoms with E-state index in [2.05, 4.69) is 0 Å². The first kappa shape index (κ1) is 23.7. The predicted octanol–water partition coefficient (Wildman–Crippen LogP) is 5.70. The Bertz CT molecular complexity index is 1310. The summed E-state index contributed by atoms with van der Waals surface area (Å²) >= 11 is 12.0. The maximum absolute atomic E-state index is 13.0. The van der Waals surface area contributed by atoms with Gasteiger partial charge < -0.3 is 4.74 Å². The lowest BCUT2D eigenvalue weighted by Gasteiger charge is -2.17. The van der Waals surface area contributed by atoms with Crippen molar-refractivity contribution in [3.05, 3.63) is 98.0 Å². The van der Waals surface area contributed by atoms with Crippen LogP contribution in [0, 0.1) is 6.92 Å². The van der Waals surface area contributed by atoms with Crippen molar-refractivity contribution in [1.29, 1.82) is 0 Å². The summed E-state index contributed by atoms with van der Waals surface area (Å²) in [5.74, 6) is -2.23. The van der Waals surface area contributed by atoms with E-state index >= 15 is 0 Å². The van der Waals surface area contributed by atoms with Crippen LogP contribution in [0.25, 0.3) is 0 Å². The Morgan fingerprint density at radius 2 is 1.41 bits per heavy atom. The van der Waals surface area contributed by atoms with Gasteiger partial charge in [-0.25, -0.2) is 9.69 Å². The molecule has 6 nitrogen and oxygen atoms in total. The largest absolute Gasteiger partial charge is 0.454 e. The molecule has 0 radical (unpaired) electrons. The number of benzene rings is 3. The molecule has 0 fully saturated rings. The van der Waals surface area contributed by atoms with Crippen LogP contribution in [0.15, 0.2) is 54.6 Å². The fourth-order valence-electron chi connectivity index (χ4n) is 3.65. The number of ketones is 1. The van der Waals surface area contributed by atoms with Crippen molar-refractivity contribution in [3.63, 3.8) is 0 Å². The number of fused-ring (bicyclic) bond motifs is 1. The zero-order valence-electron chi connectivity index (χ0n) is 18.4. The Labute approximate surface area is 206 Å². The zero-order chi connectivity index (χ0) is 24.6. The molecule has 2 amide bonds. The number of hydrogen-bond donors (Lipinski definition) is 0. The van der Waals surface area contributed by atoms with Gasteiger partial charge in [-0.1, -0.05) is 60.5 Å². The number of anilines is 1. The van der Waals surface area contributed by atoms with Crippen molar-refractivity contribution in [2.45, 2.75) is 20.3 Å². The molecule has 0 bridgehead atoms. The number of carbonyl (C=O) groups excluding carboxylic acids is 4. The van der Waals surface area contributed by atoms with Gasteiger partial charge in [0.2, 0.25) is 0 Å². The Kier molecular flexibility index (Phi) is 6.55. The summed E-state index contributed by atoms with van der Waals surface area (Å²) in [6.45, 7) is 3.29. The lowest BCUT2D eigenvalue weighted by molar-refractivity contribution is 0.0474. The van der Waals surface area contributed by atoms with Crippen molar-refractivity contribution < 1.29 is 23.9 Å². The van der Waals surface area contributed by atoms with Crippen LogP contribution in [0.5, 0.6) is 0 Å². The van der Waals surface area contributed by atoms with Crippen LogP contribution < -0.4 is 4.90 Å². The molecule has 8 heteroatoms. The van der Waals surface area contributed by atoms with E-state index in [-0.39, 0.29) is 38.2 Å². The van der Waals surface area contributed by atoms with Gasteiger partial charge >= 0.3 is 5.97 Å². The second-order valence-corrected chi connectivity index (χ2v) is 8.62. The summed E-state index contributed by atoms with van der Waals surface area (Å²) in [6, 6.07) is 14.3. The number of hydrogen-bond acceptors (Lipinski definition) is 5. The van der Waals surface area contributed by atoms with Crippen molar-refractivity contribution in [2.24, 2.45) is 0 Å². The Morgan fingerprint density at radius 3 is 1.97 bits per heavy atom. The highest BCUT2D eigenvalue weighted by atomic mass is 35.5. The fraction of sp³-hybridized carbons (Fsp3) is 0.154. The summed E-state index contributed by atoms with van der Waals surface area (Å²) in [5.41, 5.74) is 2.72. The van der Waals surface area contributed by atoms with Crippen LogP contribution in [0.1, 0.15) is 59.5 Å². The quantitative estimate of drug-likeness (QED) is 0.248. The van der Waals surface area contributed by atoms with Crippen LogP contribution in [0.4, 0.5) is 5.69 Å². The van der Waals surface area contributed by atoms with E-state index in [0.29, 0.717) is 11.1 Å². The molecule has 0 atom stereocenters. The van der Waals surface area contributed by atoms with E-state index in [1.807, 2.05) is 19.1 Å². The molecule has 0 spiro atoms. The normalized spacial score (nSPS) is 12.6. The lowest BCUT2D eigenvalue weighted by Crippen LogP contribution is -2.30. The van der Waals surface area contributed by atoms with E-state index in [4.69, 9.17) is 27.9 Å². The molecule has 0 aromatic heterocycles. The van der Waals surface area contributed by atoms with Crippen LogP contribution in [0.2, 0.25) is 10.0 Å². The topological polar surface area (TPSA) is 80.8 Å². The number of aryl methyl sites for hydroxylation is 2. The molecule has 0 saturated heterocycles. The van der Waals surface area contributed by atoms with Gasteiger partial charge in [0.1, 0.15) is 0 Å². The third kappa shape index (κ3) is 4.34. The van der Waals surface area contributed by atoms with Crippen molar-refractivity contribution in [1.82, 2.24) is 0 Å². The summed E-state index contributed by atoms with van der Waals surface area (Å²) in [4.78, 5) is 51.9. The molecule has 0 aliphatic carbocycles. The molecular formula is C26H19Cl2NO5. The standard InChI is InChI=1S/C26H19Cl2NO5/c1-3-15-5-8-16(9-6-15)23(30)13-34-26(33)17-7-4-14(2)22(10-17)29-24(31)18-11-20(27)21(28)12-19(18)25(29)32/h4-12H,3,13H2,1-2H3. The van der Waals surface area contributed by atoms with Crippen molar-refractivity contribution in [2.75, 3.05) is 11.5 Å². The SMILES string of the molecule is CCc1ccc(C(=O)COC(=O)c2ccc(C)c(N3C(=O)c4cc(Cl)c(Cl)cc4C3=O)c2)cc1. The molecule has 1 heterocycles. The average Bonchev–Trinajstić information content (AvgIpc) is 3.07. The average molecular weight is 496 g/mol. The van der Waals surface area contributed by atoms with Gasteiger partial charge in [-0.3, -0.25) is 14.4 Å². The Hall–Kier alpha value is -3.48. The maximum Gasteiger partial charge on any atom is 0.338 e. The number of esters is 1. The van der Waals surface area contributed by atoms with Gasteiger partial charge in [-0.15, -0.1) is 0 Å². The highest BCUT2D eigenvalue weighted by molar-refractivity contribution is 6.44. The molecule has 172 valence electrons. The number of halogens is 2. The van der Waals surface area contributed by atoms with Gasteiger partial charge in [0, 0.05) is 5.56 Å². The third-order valence-electron chi connectivity index (χ3n) is 5.63. The highest BCUT2D eigenvalue weighted by Gasteiger charge is 2.38. The lowest BCUT2D eigenvalue weighted by atomic mass is 10.1. The molecule has 3 aromatic rings. The van der Waals surface area contributed by atoms with Crippen LogP contribution in [-0.2, 0) is 11.2 Å². The molecular weight excluding hydrogens is 477 g/mol. The van der Waals surface area contributed by atoms with E-state index in [1.165, 1.54) is 24.3 Å². The minimum absolute atomic E-state index is 0.0994. The van der Waals surface area contributed by atoms with Crippen LogP contribution in [0.3, 0.4) is 0 Å². The molecule has 3 aromatic carbocycles. The van der Waals surface area contributed by atoms with E-state index in [0.717, 1.165) is 16.9 Å². The molecule has 1 aliphatic rings. The van der Waals surface area contributed by atoms with Gasteiger partial charge in [-0.05, 0) is 48.7 Å². The molecule has 0 N–H and O–H groups in total. The second-order valence-electron chi connectivity index (χ2n) is 7.81. The summed E-state index contributed by atoms with van der Waals surface area (Å²) in [6.07, 6.45) is 0.854. The predicted molar refractivity (Wildman–Crippen MR) is 129 cm³/mol. The number of amides is 2. The van der Waals surface area contributed by atoms with Crippen LogP contribution in [-0.4, -0.2) is 30.2 Å². The maximum atomic E-state index is 13.0. The Balaban J connectivity index is 1.54. The minimum atomic E-state index is -0.748. The van der Waals surface area contributed by atoms with Gasteiger partial charge in [0.05, 0.1) is 32.4 Å². The number of Topliss-reactive ketones (excluding diaryl/α,β-unsaturated/α-hetero) is 1. The molecule has 4 rings (SSSR count). The highest BCUT2D eigenvalue weighted by Crippen LogP contribution is 2.35. The number of rotatable bonds is 6. The number of ether oxygens (including phenoxy) is 1. The number of carbonyl (C=O) groups is 4. The Morgan fingerprint density at radius 1 is 0.853 bits per heavy atom. The fourth-order valence-corrected chi connectivity index (χ4v) is 3.98. The summed E-state index contributed by atoms with van der Waals surface area (Å²) in [7, 11) is 0. The second kappa shape index (κ2) is 9.41. The van der Waals surface area contributed by atoms with Gasteiger partial charge in [0.25, 0.3) is 11.8 Å². The van der Waals surface area contributed by atoms with E-state index < -0.39 is 24.4 Å². The van der Waals surface area contributed by atoms with E-state index in [1.54, 1.807) is 25.1 Å². The first-order chi connectivity index (χ1) is 16.2. The van der Waals surface area contributed by atoms with Crippen LogP contribution >= 0.6 is 23.2 Å². The summed E-state index contributed by atoms with van der Waals surface area (Å²) < 4.78 is 5.19. The summed E-state index contributed by atoms with van der Waals surface area (Å²) in [5, 5.41) is 0.318. The minimum Gasteiger partial charge on any atom is -0.454 e. The van der Waals surface area contributed by atoms with Crippen molar-refractivity contribution in [3.8, 4) is 0 Å². The third-order valence-corrected chi connectivity index (χ3v) is 6.35. The first-order valence-electron chi connectivity index (χ1n) is 10.5. The van der Waals surface area contributed by atoms with Gasteiger partial charge in [-0.2, -0.15) is 0 Å².